The van der Waals surface area contributed by atoms with Crippen LogP contribution in [-0.4, -0.2) is 76.1 Å². The Labute approximate surface area is 191 Å². The van der Waals surface area contributed by atoms with E-state index in [1.54, 1.807) is 12.1 Å². The number of aromatic amines is 1. The third kappa shape index (κ3) is 4.71. The fourth-order valence-corrected chi connectivity index (χ4v) is 7.51. The molecule has 2 aromatic rings. The Bertz CT molecular complexity index is 1040. The molecule has 2 aromatic heterocycles. The number of aliphatic carboxylic acids is 1. The number of nitrogens with zero attached hydrogens (tertiary/aromatic N) is 3. The first-order chi connectivity index (χ1) is 15.0. The minimum absolute atomic E-state index is 0.0207. The van der Waals surface area contributed by atoms with E-state index in [0.717, 1.165) is 0 Å². The quantitative estimate of drug-likeness (QED) is 0.338. The monoisotopic (exact) mass is 499 g/mol. The van der Waals surface area contributed by atoms with Gasteiger partial charge in [0.2, 0.25) is 5.91 Å². The number of fused-ring (bicyclic) bond motifs is 1. The van der Waals surface area contributed by atoms with Gasteiger partial charge >= 0.3 is 5.97 Å². The van der Waals surface area contributed by atoms with Crippen LogP contribution < -0.4 is 5.32 Å². The Morgan fingerprint density at radius 3 is 2.97 bits per heavy atom. The number of H-pyrrole nitrogens is 1. The van der Waals surface area contributed by atoms with E-state index >= 15 is 0 Å². The summed E-state index contributed by atoms with van der Waals surface area (Å²) < 4.78 is 12.9. The molecule has 31 heavy (non-hydrogen) atoms. The van der Waals surface area contributed by atoms with Crippen molar-refractivity contribution in [3.05, 3.63) is 35.0 Å². The first-order valence-corrected chi connectivity index (χ1v) is 13.3. The van der Waals surface area contributed by atoms with Crippen LogP contribution in [0.15, 0.2) is 44.2 Å². The van der Waals surface area contributed by atoms with E-state index in [1.807, 2.05) is 5.38 Å². The number of carboxylic acid groups (broad SMARTS) is 1. The number of β-lactam (4-membered cyclic amide) rings is 1. The van der Waals surface area contributed by atoms with E-state index in [2.05, 4.69) is 20.7 Å². The van der Waals surface area contributed by atoms with Crippen molar-refractivity contribution in [3.8, 4) is 0 Å². The molecule has 0 saturated carbocycles. The van der Waals surface area contributed by atoms with Crippen LogP contribution in [0.4, 0.5) is 0 Å². The fraction of sp³-hybridized carbons (Fsp3) is 0.353. The molecule has 1 fully saturated rings. The largest absolute Gasteiger partial charge is 0.477 e. The van der Waals surface area contributed by atoms with Gasteiger partial charge in [-0.15, -0.1) is 28.2 Å². The van der Waals surface area contributed by atoms with Crippen molar-refractivity contribution in [1.29, 1.82) is 0 Å². The number of aromatic nitrogens is 3. The second kappa shape index (κ2) is 9.54. The molecular weight excluding hydrogens is 482 g/mol. The van der Waals surface area contributed by atoms with Gasteiger partial charge in [0.25, 0.3) is 5.91 Å². The molecule has 3 atom stereocenters. The summed E-state index contributed by atoms with van der Waals surface area (Å²) in [6.07, 6.45) is 1.56. The summed E-state index contributed by atoms with van der Waals surface area (Å²) in [6, 6.07) is 2.77. The average Bonchev–Trinajstić information content (AvgIpc) is 3.47. The minimum Gasteiger partial charge on any atom is -0.477 e. The molecule has 10 nitrogen and oxygen atoms in total. The summed E-state index contributed by atoms with van der Waals surface area (Å²) in [6.45, 7) is 0. The van der Waals surface area contributed by atoms with Gasteiger partial charge in [-0.05, 0) is 17.0 Å². The second-order valence-corrected chi connectivity index (χ2v) is 11.4. The zero-order valence-corrected chi connectivity index (χ0v) is 19.1. The van der Waals surface area contributed by atoms with E-state index in [4.69, 9.17) is 0 Å². The van der Waals surface area contributed by atoms with Crippen molar-refractivity contribution in [3.63, 3.8) is 0 Å². The number of carbonyl (C=O) groups is 3. The molecule has 0 radical (unpaired) electrons. The predicted octanol–water partition coefficient (Wildman–Crippen LogP) is 0.895. The lowest BCUT2D eigenvalue weighted by molar-refractivity contribution is -0.150. The number of nitrogens with one attached hydrogen (secondary N) is 2. The Morgan fingerprint density at radius 2 is 2.29 bits per heavy atom. The molecule has 0 bridgehead atoms. The van der Waals surface area contributed by atoms with Crippen molar-refractivity contribution >= 4 is 63.4 Å². The molecule has 4 rings (SSSR count). The molecule has 0 aliphatic carbocycles. The Morgan fingerprint density at radius 1 is 1.45 bits per heavy atom. The zero-order chi connectivity index (χ0) is 22.0. The number of thiophene rings is 1. The molecule has 3 N–H and O–H groups in total. The highest BCUT2D eigenvalue weighted by Crippen LogP contribution is 2.41. The van der Waals surface area contributed by atoms with E-state index in [1.165, 1.54) is 46.0 Å². The van der Waals surface area contributed by atoms with E-state index in [-0.39, 0.29) is 23.8 Å². The van der Waals surface area contributed by atoms with Crippen LogP contribution >= 0.6 is 34.9 Å². The van der Waals surface area contributed by atoms with Crippen LogP contribution in [0.2, 0.25) is 0 Å². The molecular formula is C17H17N5O5S4. The summed E-state index contributed by atoms with van der Waals surface area (Å²) in [4.78, 5) is 38.0. The van der Waals surface area contributed by atoms with Crippen LogP contribution in [0.3, 0.4) is 0 Å². The van der Waals surface area contributed by atoms with Gasteiger partial charge in [-0.3, -0.25) is 18.7 Å². The molecule has 2 unspecified atom stereocenters. The predicted molar refractivity (Wildman–Crippen MR) is 117 cm³/mol. The molecule has 2 aliphatic rings. The Balaban J connectivity index is 1.36. The SMILES string of the molecule is O=C(CCS(=O)c1cccs1)NC1C(=O)N2C(C(=O)O)=C(CSc3cn[nH]n3)CS[C@@H]12. The molecule has 0 aromatic carbocycles. The standard InChI is InChI=1S/C17H17N5O5S4/c23-10(3-5-31(27)12-2-1-4-28-12)19-13-15(24)22-14(17(25)26)9(8-30-16(13)22)7-29-11-6-18-21-20-11/h1-2,4,6,13,16H,3,5,7-8H2,(H,19,23)(H,25,26)(H,18,20,21)/t13?,16-,31?/m0/s1. The molecule has 2 amide bonds. The number of rotatable bonds is 9. The lowest BCUT2D eigenvalue weighted by Gasteiger charge is -2.49. The maximum atomic E-state index is 12.7. The highest BCUT2D eigenvalue weighted by molar-refractivity contribution is 8.01. The number of hydrogen-bond acceptors (Lipinski definition) is 9. The Kier molecular flexibility index (Phi) is 6.79. The molecule has 4 heterocycles. The van der Waals surface area contributed by atoms with Crippen LogP contribution in [0.1, 0.15) is 6.42 Å². The average molecular weight is 500 g/mol. The van der Waals surface area contributed by atoms with Gasteiger partial charge in [0, 0.05) is 23.7 Å². The first kappa shape index (κ1) is 22.0. The summed E-state index contributed by atoms with van der Waals surface area (Å²) in [5.41, 5.74) is 0.584. The van der Waals surface area contributed by atoms with Gasteiger partial charge in [-0.25, -0.2) is 4.79 Å². The van der Waals surface area contributed by atoms with Gasteiger partial charge in [0.15, 0.2) is 0 Å². The van der Waals surface area contributed by atoms with Gasteiger partial charge in [0.1, 0.15) is 22.1 Å². The molecule has 164 valence electrons. The van der Waals surface area contributed by atoms with Crippen molar-refractivity contribution < 1.29 is 23.7 Å². The smallest absolute Gasteiger partial charge is 0.352 e. The van der Waals surface area contributed by atoms with Crippen molar-refractivity contribution in [2.45, 2.75) is 27.1 Å². The Hall–Kier alpha value is -2.16. The maximum Gasteiger partial charge on any atom is 0.352 e. The molecule has 2 aliphatic heterocycles. The number of carboxylic acids is 1. The number of amides is 2. The van der Waals surface area contributed by atoms with Crippen LogP contribution in [0.25, 0.3) is 0 Å². The van der Waals surface area contributed by atoms with Gasteiger partial charge in [-0.1, -0.05) is 17.8 Å². The van der Waals surface area contributed by atoms with Crippen molar-refractivity contribution in [2.75, 3.05) is 17.3 Å². The van der Waals surface area contributed by atoms with Crippen LogP contribution in [0, 0.1) is 0 Å². The fourth-order valence-electron chi connectivity index (χ4n) is 3.14. The van der Waals surface area contributed by atoms with E-state index in [9.17, 15) is 23.7 Å². The topological polar surface area (TPSA) is 145 Å². The molecule has 14 heteroatoms. The van der Waals surface area contributed by atoms with Crippen LogP contribution in [-0.2, 0) is 25.2 Å². The highest BCUT2D eigenvalue weighted by atomic mass is 32.2. The van der Waals surface area contributed by atoms with E-state index < -0.39 is 34.1 Å². The zero-order valence-electron chi connectivity index (χ0n) is 15.8. The van der Waals surface area contributed by atoms with Crippen molar-refractivity contribution in [2.24, 2.45) is 0 Å². The van der Waals surface area contributed by atoms with Gasteiger partial charge in [-0.2, -0.15) is 10.3 Å². The molecule has 1 saturated heterocycles. The lowest BCUT2D eigenvalue weighted by Crippen LogP contribution is -2.70. The third-order valence-electron chi connectivity index (χ3n) is 4.59. The highest BCUT2D eigenvalue weighted by Gasteiger charge is 2.54. The first-order valence-electron chi connectivity index (χ1n) is 9.05. The van der Waals surface area contributed by atoms with Gasteiger partial charge < -0.3 is 10.4 Å². The maximum absolute atomic E-state index is 12.7. The lowest BCUT2D eigenvalue weighted by atomic mass is 10.0. The number of hydrogen-bond donors (Lipinski definition) is 3. The van der Waals surface area contributed by atoms with Crippen LogP contribution in [0.5, 0.6) is 0 Å². The summed E-state index contributed by atoms with van der Waals surface area (Å²) in [5.74, 6) is -1.05. The summed E-state index contributed by atoms with van der Waals surface area (Å²) in [5, 5.41) is 24.5. The number of thioether (sulfide) groups is 2. The third-order valence-corrected chi connectivity index (χ3v) is 9.58. The van der Waals surface area contributed by atoms with E-state index in [0.29, 0.717) is 26.3 Å². The number of carbonyl (C=O) groups excluding carboxylic acids is 2. The van der Waals surface area contributed by atoms with Gasteiger partial charge in [0.05, 0.1) is 21.2 Å². The summed E-state index contributed by atoms with van der Waals surface area (Å²) in [7, 11) is -1.26. The second-order valence-electron chi connectivity index (χ2n) is 6.54. The summed E-state index contributed by atoms with van der Waals surface area (Å²) >= 11 is 4.10. The normalized spacial score (nSPS) is 21.4. The molecule has 0 spiro atoms. The van der Waals surface area contributed by atoms with Crippen molar-refractivity contribution in [1.82, 2.24) is 25.6 Å². The minimum atomic E-state index is -1.26.